The van der Waals surface area contributed by atoms with Crippen LogP contribution in [0.3, 0.4) is 0 Å². The number of nitrogens with two attached hydrogens (primary N) is 1. The third-order valence-corrected chi connectivity index (χ3v) is 5.31. The van der Waals surface area contributed by atoms with E-state index < -0.39 is 0 Å². The molecular formula is C22H29N3O. The van der Waals surface area contributed by atoms with E-state index in [4.69, 9.17) is 5.73 Å². The molecule has 0 bridgehead atoms. The van der Waals surface area contributed by atoms with Gasteiger partial charge in [0.1, 0.15) is 0 Å². The van der Waals surface area contributed by atoms with E-state index in [-0.39, 0.29) is 11.4 Å². The van der Waals surface area contributed by atoms with Crippen molar-refractivity contribution >= 4 is 11.6 Å². The number of carbonyl (C=O) groups excluding carboxylic acids is 1. The largest absolute Gasteiger partial charge is 0.399 e. The van der Waals surface area contributed by atoms with Crippen molar-refractivity contribution in [3.05, 3.63) is 65.7 Å². The standard InChI is InChI=1S/C22H29N3O/c1-22(2)17-24(14-15-25(22)16-18-8-4-3-5-9-18)21(26)13-12-19-10-6-7-11-20(19)23/h3-11H,12-17,23H2,1-2H3. The minimum absolute atomic E-state index is 0.0322. The molecule has 4 nitrogen and oxygen atoms in total. The number of nitrogens with zero attached hydrogens (tertiary/aromatic N) is 2. The van der Waals surface area contributed by atoms with E-state index in [1.807, 2.05) is 35.2 Å². The second kappa shape index (κ2) is 7.92. The lowest BCUT2D eigenvalue weighted by Crippen LogP contribution is -2.59. The summed E-state index contributed by atoms with van der Waals surface area (Å²) in [5.41, 5.74) is 9.11. The van der Waals surface area contributed by atoms with Gasteiger partial charge in [0.05, 0.1) is 0 Å². The molecule has 0 spiro atoms. The van der Waals surface area contributed by atoms with Crippen molar-refractivity contribution in [2.45, 2.75) is 38.8 Å². The van der Waals surface area contributed by atoms with Gasteiger partial charge in [0.25, 0.3) is 0 Å². The van der Waals surface area contributed by atoms with Crippen LogP contribution in [0.5, 0.6) is 0 Å². The summed E-state index contributed by atoms with van der Waals surface area (Å²) in [7, 11) is 0. The van der Waals surface area contributed by atoms with Gasteiger partial charge in [-0.05, 0) is 37.5 Å². The van der Waals surface area contributed by atoms with Crippen LogP contribution in [-0.4, -0.2) is 40.9 Å². The van der Waals surface area contributed by atoms with Gasteiger partial charge in [0.2, 0.25) is 5.91 Å². The van der Waals surface area contributed by atoms with Gasteiger partial charge in [-0.3, -0.25) is 9.69 Å². The molecular weight excluding hydrogens is 322 g/mol. The van der Waals surface area contributed by atoms with Crippen LogP contribution >= 0.6 is 0 Å². The number of anilines is 1. The van der Waals surface area contributed by atoms with Gasteiger partial charge in [0, 0.05) is 43.8 Å². The van der Waals surface area contributed by atoms with Crippen LogP contribution in [0.2, 0.25) is 0 Å². The van der Waals surface area contributed by atoms with Crippen LogP contribution in [0.25, 0.3) is 0 Å². The first-order chi connectivity index (χ1) is 12.5. The van der Waals surface area contributed by atoms with Gasteiger partial charge >= 0.3 is 0 Å². The Bertz CT molecular complexity index is 742. The molecule has 1 amide bonds. The number of piperazine rings is 1. The summed E-state index contributed by atoms with van der Waals surface area (Å²) < 4.78 is 0. The fourth-order valence-corrected chi connectivity index (χ4v) is 3.66. The monoisotopic (exact) mass is 351 g/mol. The topological polar surface area (TPSA) is 49.6 Å². The first-order valence-electron chi connectivity index (χ1n) is 9.36. The fraction of sp³-hybridized carbons (Fsp3) is 0.409. The van der Waals surface area contributed by atoms with Gasteiger partial charge in [0.15, 0.2) is 0 Å². The van der Waals surface area contributed by atoms with Crippen molar-refractivity contribution in [2.75, 3.05) is 25.4 Å². The molecule has 1 aliphatic heterocycles. The smallest absolute Gasteiger partial charge is 0.223 e. The van der Waals surface area contributed by atoms with E-state index in [1.54, 1.807) is 0 Å². The minimum Gasteiger partial charge on any atom is -0.399 e. The SMILES string of the molecule is CC1(C)CN(C(=O)CCc2ccccc2N)CCN1Cc1ccccc1. The number of carbonyl (C=O) groups is 1. The Morgan fingerprint density at radius 3 is 2.42 bits per heavy atom. The Balaban J connectivity index is 1.56. The second-order valence-electron chi connectivity index (χ2n) is 7.73. The maximum absolute atomic E-state index is 12.7. The number of nitrogen functional groups attached to an aromatic ring is 1. The molecule has 0 aliphatic carbocycles. The Morgan fingerprint density at radius 1 is 1.04 bits per heavy atom. The zero-order chi connectivity index (χ0) is 18.6. The molecule has 1 heterocycles. The Morgan fingerprint density at radius 2 is 1.73 bits per heavy atom. The molecule has 0 radical (unpaired) electrons. The van der Waals surface area contributed by atoms with E-state index in [0.29, 0.717) is 12.8 Å². The maximum Gasteiger partial charge on any atom is 0.223 e. The second-order valence-corrected chi connectivity index (χ2v) is 7.73. The van der Waals surface area contributed by atoms with E-state index in [2.05, 4.69) is 43.0 Å². The Hall–Kier alpha value is -2.33. The number of hydrogen-bond acceptors (Lipinski definition) is 3. The highest BCUT2D eigenvalue weighted by atomic mass is 16.2. The van der Waals surface area contributed by atoms with Gasteiger partial charge < -0.3 is 10.6 Å². The maximum atomic E-state index is 12.7. The van der Waals surface area contributed by atoms with Gasteiger partial charge in [-0.1, -0.05) is 48.5 Å². The molecule has 1 fully saturated rings. The van der Waals surface area contributed by atoms with Crippen molar-refractivity contribution in [3.8, 4) is 0 Å². The number of rotatable bonds is 5. The molecule has 1 aliphatic rings. The number of benzene rings is 2. The molecule has 0 saturated carbocycles. The van der Waals surface area contributed by atoms with Crippen LogP contribution in [-0.2, 0) is 17.8 Å². The van der Waals surface area contributed by atoms with Crippen molar-refractivity contribution in [3.63, 3.8) is 0 Å². The molecule has 2 N–H and O–H groups in total. The highest BCUT2D eigenvalue weighted by molar-refractivity contribution is 5.77. The lowest BCUT2D eigenvalue weighted by Gasteiger charge is -2.47. The summed E-state index contributed by atoms with van der Waals surface area (Å²) >= 11 is 0. The summed E-state index contributed by atoms with van der Waals surface area (Å²) in [5, 5.41) is 0. The molecule has 0 aromatic heterocycles. The van der Waals surface area contributed by atoms with Crippen LogP contribution in [0.15, 0.2) is 54.6 Å². The Labute approximate surface area is 156 Å². The molecule has 0 atom stereocenters. The molecule has 2 aromatic rings. The average Bonchev–Trinajstić information content (AvgIpc) is 2.63. The zero-order valence-corrected chi connectivity index (χ0v) is 15.8. The molecule has 26 heavy (non-hydrogen) atoms. The van der Waals surface area contributed by atoms with Crippen molar-refractivity contribution < 1.29 is 4.79 Å². The first-order valence-corrected chi connectivity index (χ1v) is 9.36. The van der Waals surface area contributed by atoms with Gasteiger partial charge in [-0.15, -0.1) is 0 Å². The molecule has 0 unspecified atom stereocenters. The predicted octanol–water partition coefficient (Wildman–Crippen LogP) is 3.32. The summed E-state index contributed by atoms with van der Waals surface area (Å²) in [5.74, 6) is 0.223. The molecule has 2 aromatic carbocycles. The molecule has 1 saturated heterocycles. The number of hydrogen-bond donors (Lipinski definition) is 1. The number of aryl methyl sites for hydroxylation is 1. The van der Waals surface area contributed by atoms with Gasteiger partial charge in [-0.25, -0.2) is 0 Å². The lowest BCUT2D eigenvalue weighted by atomic mass is 9.97. The lowest BCUT2D eigenvalue weighted by molar-refractivity contribution is -0.136. The normalized spacial score (nSPS) is 17.2. The van der Waals surface area contributed by atoms with E-state index in [0.717, 1.165) is 37.4 Å². The summed E-state index contributed by atoms with van der Waals surface area (Å²) in [6.07, 6.45) is 1.22. The van der Waals surface area contributed by atoms with Crippen molar-refractivity contribution in [1.82, 2.24) is 9.80 Å². The van der Waals surface area contributed by atoms with E-state index in [9.17, 15) is 4.79 Å². The number of amides is 1. The highest BCUT2D eigenvalue weighted by Crippen LogP contribution is 2.24. The van der Waals surface area contributed by atoms with E-state index in [1.165, 1.54) is 5.56 Å². The third kappa shape index (κ3) is 4.44. The van der Waals surface area contributed by atoms with Crippen LogP contribution in [0.1, 0.15) is 31.4 Å². The average molecular weight is 351 g/mol. The molecule has 138 valence electrons. The quantitative estimate of drug-likeness (QED) is 0.841. The first kappa shape index (κ1) is 18.5. The Kier molecular flexibility index (Phi) is 5.62. The fourth-order valence-electron chi connectivity index (χ4n) is 3.66. The summed E-state index contributed by atoms with van der Waals surface area (Å²) in [4.78, 5) is 17.2. The number of para-hydroxylation sites is 1. The molecule has 4 heteroatoms. The van der Waals surface area contributed by atoms with Crippen molar-refractivity contribution in [2.24, 2.45) is 0 Å². The van der Waals surface area contributed by atoms with Crippen LogP contribution in [0, 0.1) is 0 Å². The van der Waals surface area contributed by atoms with E-state index >= 15 is 0 Å². The van der Waals surface area contributed by atoms with Crippen LogP contribution < -0.4 is 5.73 Å². The van der Waals surface area contributed by atoms with Crippen LogP contribution in [0.4, 0.5) is 5.69 Å². The predicted molar refractivity (Wildman–Crippen MR) is 107 cm³/mol. The van der Waals surface area contributed by atoms with Gasteiger partial charge in [-0.2, -0.15) is 0 Å². The molecule has 3 rings (SSSR count). The zero-order valence-electron chi connectivity index (χ0n) is 15.8. The summed E-state index contributed by atoms with van der Waals surface area (Å²) in [6, 6.07) is 18.3. The minimum atomic E-state index is -0.0322. The van der Waals surface area contributed by atoms with Crippen molar-refractivity contribution in [1.29, 1.82) is 0 Å². The highest BCUT2D eigenvalue weighted by Gasteiger charge is 2.35. The third-order valence-electron chi connectivity index (χ3n) is 5.31. The summed E-state index contributed by atoms with van der Waals surface area (Å²) in [6.45, 7) is 7.84.